The normalized spacial score (nSPS) is 10.5. The quantitative estimate of drug-likeness (QED) is 0.641. The molecule has 0 aliphatic heterocycles. The Balaban J connectivity index is 2.27. The number of carbonyl (C=O) groups excluding carboxylic acids is 1. The number of rotatable bonds is 4. The molecule has 0 heterocycles. The lowest BCUT2D eigenvalue weighted by Crippen LogP contribution is -2.24. The average Bonchev–Trinajstić information content (AvgIpc) is 2.53. The number of ether oxygens (including phenoxy) is 1. The van der Waals surface area contributed by atoms with Gasteiger partial charge in [0.25, 0.3) is 0 Å². The lowest BCUT2D eigenvalue weighted by atomic mass is 10.1. The minimum absolute atomic E-state index is 0.282. The van der Waals surface area contributed by atoms with Gasteiger partial charge in [-0.2, -0.15) is 5.06 Å². The van der Waals surface area contributed by atoms with E-state index in [1.54, 1.807) is 12.3 Å². The first-order chi connectivity index (χ1) is 10.9. The van der Waals surface area contributed by atoms with Gasteiger partial charge in [-0.15, -0.1) is 0 Å². The van der Waals surface area contributed by atoms with Gasteiger partial charge in [0, 0.05) is 5.56 Å². The molecule has 2 aromatic carbocycles. The molecule has 0 radical (unpaired) electrons. The summed E-state index contributed by atoms with van der Waals surface area (Å²) in [7, 11) is 0. The molecule has 0 unspecified atom stereocenters. The summed E-state index contributed by atoms with van der Waals surface area (Å²) in [4.78, 5) is 11.7. The van der Waals surface area contributed by atoms with Crippen molar-refractivity contribution in [2.24, 2.45) is 0 Å². The molecule has 0 fully saturated rings. The van der Waals surface area contributed by atoms with Crippen LogP contribution in [0, 0.1) is 20.8 Å². The van der Waals surface area contributed by atoms with Crippen molar-refractivity contribution < 1.29 is 14.7 Å². The van der Waals surface area contributed by atoms with Gasteiger partial charge in [-0.3, -0.25) is 10.0 Å². The molecule has 0 spiro atoms. The van der Waals surface area contributed by atoms with Crippen molar-refractivity contribution in [3.63, 3.8) is 0 Å². The fraction of sp³-hybridized carbons (Fsp3) is 0.278. The lowest BCUT2D eigenvalue weighted by molar-refractivity contribution is 0.223. The standard InChI is InChI=1S/C18H21NO3S/c1-12-8-9-17(14(3)10-12)22-11-15-13(2)6-5-7-16(15)19(21)18(20)23-4/h5-10,21H,11H2,1-4H3. The number of hydroxylamine groups is 1. The number of hydrogen-bond acceptors (Lipinski definition) is 4. The Kier molecular flexibility index (Phi) is 5.69. The molecule has 23 heavy (non-hydrogen) atoms. The Bertz CT molecular complexity index is 715. The SMILES string of the molecule is CSC(=O)N(O)c1cccc(C)c1COc1ccc(C)cc1C. The van der Waals surface area contributed by atoms with Crippen molar-refractivity contribution in [3.8, 4) is 5.75 Å². The van der Waals surface area contributed by atoms with Gasteiger partial charge >= 0.3 is 5.24 Å². The van der Waals surface area contributed by atoms with Crippen LogP contribution in [0.3, 0.4) is 0 Å². The second-order valence-electron chi connectivity index (χ2n) is 5.41. The van der Waals surface area contributed by atoms with E-state index in [1.807, 2.05) is 45.0 Å². The van der Waals surface area contributed by atoms with Crippen molar-refractivity contribution in [3.05, 3.63) is 58.7 Å². The van der Waals surface area contributed by atoms with Gasteiger partial charge in [-0.25, -0.2) is 0 Å². The maximum absolute atomic E-state index is 11.7. The Morgan fingerprint density at radius 3 is 2.57 bits per heavy atom. The number of hydrogen-bond donors (Lipinski definition) is 1. The first-order valence-electron chi connectivity index (χ1n) is 7.29. The van der Waals surface area contributed by atoms with Crippen LogP contribution in [-0.2, 0) is 6.61 Å². The van der Waals surface area contributed by atoms with E-state index in [0.717, 1.165) is 34.2 Å². The van der Waals surface area contributed by atoms with Crippen molar-refractivity contribution in [2.75, 3.05) is 11.3 Å². The van der Waals surface area contributed by atoms with Crippen LogP contribution in [0.15, 0.2) is 36.4 Å². The summed E-state index contributed by atoms with van der Waals surface area (Å²) in [6, 6.07) is 11.4. The molecule has 122 valence electrons. The third-order valence-corrected chi connectivity index (χ3v) is 4.19. The topological polar surface area (TPSA) is 49.8 Å². The molecule has 0 aromatic heterocycles. The van der Waals surface area contributed by atoms with E-state index in [0.29, 0.717) is 10.8 Å². The summed E-state index contributed by atoms with van der Waals surface area (Å²) < 4.78 is 5.91. The highest BCUT2D eigenvalue weighted by Crippen LogP contribution is 2.27. The number of aryl methyl sites for hydroxylation is 3. The van der Waals surface area contributed by atoms with Crippen LogP contribution in [0.5, 0.6) is 5.75 Å². The summed E-state index contributed by atoms with van der Waals surface area (Å²) in [6.07, 6.45) is 1.63. The molecule has 2 aromatic rings. The Morgan fingerprint density at radius 1 is 1.17 bits per heavy atom. The number of anilines is 1. The second-order valence-corrected chi connectivity index (χ2v) is 6.17. The fourth-order valence-corrected chi connectivity index (χ4v) is 2.64. The molecular formula is C18H21NO3S. The number of amides is 1. The minimum atomic E-state index is -0.427. The van der Waals surface area contributed by atoms with E-state index in [4.69, 9.17) is 4.74 Å². The first kappa shape index (κ1) is 17.4. The molecule has 1 N–H and O–H groups in total. The van der Waals surface area contributed by atoms with Crippen molar-refractivity contribution >= 4 is 22.7 Å². The molecule has 4 nitrogen and oxygen atoms in total. The van der Waals surface area contributed by atoms with Crippen molar-refractivity contribution in [2.45, 2.75) is 27.4 Å². The van der Waals surface area contributed by atoms with Crippen LogP contribution in [0.2, 0.25) is 0 Å². The molecule has 0 atom stereocenters. The first-order valence-corrected chi connectivity index (χ1v) is 8.52. The summed E-state index contributed by atoms with van der Waals surface area (Å²) in [5.41, 5.74) is 4.44. The highest BCUT2D eigenvalue weighted by atomic mass is 32.2. The highest BCUT2D eigenvalue weighted by molar-refractivity contribution is 8.13. The molecular weight excluding hydrogens is 310 g/mol. The molecule has 0 saturated heterocycles. The van der Waals surface area contributed by atoms with Crippen molar-refractivity contribution in [1.82, 2.24) is 0 Å². The number of benzene rings is 2. The Labute approximate surface area is 141 Å². The third-order valence-electron chi connectivity index (χ3n) is 3.66. The van der Waals surface area contributed by atoms with E-state index in [2.05, 4.69) is 6.07 Å². The zero-order chi connectivity index (χ0) is 17.0. The van der Waals surface area contributed by atoms with E-state index in [9.17, 15) is 10.0 Å². The largest absolute Gasteiger partial charge is 0.489 e. The van der Waals surface area contributed by atoms with Gasteiger partial charge in [0.2, 0.25) is 0 Å². The predicted molar refractivity (Wildman–Crippen MR) is 94.6 cm³/mol. The van der Waals surface area contributed by atoms with Crippen molar-refractivity contribution in [1.29, 1.82) is 0 Å². The Hall–Kier alpha value is -1.98. The summed E-state index contributed by atoms with van der Waals surface area (Å²) in [5.74, 6) is 0.797. The molecule has 0 bridgehead atoms. The van der Waals surface area contributed by atoms with Crippen LogP contribution in [0.4, 0.5) is 10.5 Å². The van der Waals surface area contributed by atoms with Gasteiger partial charge in [0.05, 0.1) is 5.69 Å². The third kappa shape index (κ3) is 4.06. The van der Waals surface area contributed by atoms with Gasteiger partial charge in [0.15, 0.2) is 0 Å². The Morgan fingerprint density at radius 2 is 1.91 bits per heavy atom. The van der Waals surface area contributed by atoms with E-state index in [1.165, 1.54) is 5.56 Å². The number of carbonyl (C=O) groups is 1. The number of nitrogens with zero attached hydrogens (tertiary/aromatic N) is 1. The van der Waals surface area contributed by atoms with E-state index < -0.39 is 5.24 Å². The fourth-order valence-electron chi connectivity index (χ4n) is 2.37. The summed E-state index contributed by atoms with van der Waals surface area (Å²) in [5, 5.41) is 10.3. The smallest absolute Gasteiger partial charge is 0.309 e. The minimum Gasteiger partial charge on any atom is -0.489 e. The van der Waals surface area contributed by atoms with Crippen LogP contribution >= 0.6 is 11.8 Å². The van der Waals surface area contributed by atoms with Crippen LogP contribution < -0.4 is 9.80 Å². The summed E-state index contributed by atoms with van der Waals surface area (Å²) in [6.45, 7) is 6.25. The predicted octanol–water partition coefficient (Wildman–Crippen LogP) is 4.87. The second kappa shape index (κ2) is 7.53. The van der Waals surface area contributed by atoms with Crippen LogP contribution in [-0.4, -0.2) is 16.7 Å². The zero-order valence-electron chi connectivity index (χ0n) is 13.8. The maximum atomic E-state index is 11.7. The summed E-state index contributed by atoms with van der Waals surface area (Å²) >= 11 is 0.957. The molecule has 1 amide bonds. The molecule has 2 rings (SSSR count). The van der Waals surface area contributed by atoms with Gasteiger partial charge in [-0.1, -0.05) is 41.6 Å². The van der Waals surface area contributed by atoms with E-state index >= 15 is 0 Å². The molecule has 0 aliphatic carbocycles. The molecule has 0 saturated carbocycles. The van der Waals surface area contributed by atoms with Gasteiger partial charge < -0.3 is 4.74 Å². The van der Waals surface area contributed by atoms with Crippen LogP contribution in [0.25, 0.3) is 0 Å². The molecule has 5 heteroatoms. The van der Waals surface area contributed by atoms with Gasteiger partial charge in [-0.05, 0) is 50.3 Å². The lowest BCUT2D eigenvalue weighted by Gasteiger charge is -2.20. The molecule has 0 aliphatic rings. The number of thioether (sulfide) groups is 1. The average molecular weight is 331 g/mol. The monoisotopic (exact) mass is 331 g/mol. The van der Waals surface area contributed by atoms with E-state index in [-0.39, 0.29) is 6.61 Å². The van der Waals surface area contributed by atoms with Crippen LogP contribution in [0.1, 0.15) is 22.3 Å². The maximum Gasteiger partial charge on any atom is 0.309 e. The zero-order valence-corrected chi connectivity index (χ0v) is 14.6. The van der Waals surface area contributed by atoms with Gasteiger partial charge in [0.1, 0.15) is 12.4 Å². The highest BCUT2D eigenvalue weighted by Gasteiger charge is 2.17.